The van der Waals surface area contributed by atoms with Crippen molar-refractivity contribution in [2.75, 3.05) is 10.6 Å². The molecule has 0 atom stereocenters. The summed E-state index contributed by atoms with van der Waals surface area (Å²) in [4.78, 5) is 20.1. The molecule has 2 amide bonds. The van der Waals surface area contributed by atoms with Crippen LogP contribution >= 0.6 is 23.2 Å². The summed E-state index contributed by atoms with van der Waals surface area (Å²) in [7, 11) is 0. The van der Waals surface area contributed by atoms with Gasteiger partial charge < -0.3 is 5.32 Å². The summed E-state index contributed by atoms with van der Waals surface area (Å²) in [5.74, 6) is 0.873. The largest absolute Gasteiger partial charge is 0.324 e. The van der Waals surface area contributed by atoms with Crippen LogP contribution in [-0.2, 0) is 0 Å². The highest BCUT2D eigenvalue weighted by atomic mass is 35.5. The van der Waals surface area contributed by atoms with Gasteiger partial charge in [-0.15, -0.1) is 0 Å². The van der Waals surface area contributed by atoms with Crippen LogP contribution in [0.5, 0.6) is 0 Å². The number of nitrogens with zero attached hydrogens (tertiary/aromatic N) is 4. The van der Waals surface area contributed by atoms with Crippen molar-refractivity contribution in [3.05, 3.63) is 59.1 Å². The quantitative estimate of drug-likeness (QED) is 0.756. The molecule has 3 aromatic rings. The van der Waals surface area contributed by atoms with Gasteiger partial charge in [-0.25, -0.2) is 19.4 Å². The van der Waals surface area contributed by atoms with Gasteiger partial charge in [-0.05, 0) is 24.3 Å². The summed E-state index contributed by atoms with van der Waals surface area (Å²) in [6.45, 7) is 0. The zero-order chi connectivity index (χ0) is 16.2. The van der Waals surface area contributed by atoms with Crippen LogP contribution < -0.4 is 10.6 Å². The zero-order valence-electron chi connectivity index (χ0n) is 11.6. The molecule has 116 valence electrons. The fraction of sp³-hybridized carbons (Fsp3) is 0. The summed E-state index contributed by atoms with van der Waals surface area (Å²) in [5.41, 5.74) is 0.512. The van der Waals surface area contributed by atoms with Gasteiger partial charge in [-0.3, -0.25) is 5.32 Å². The van der Waals surface area contributed by atoms with Crippen LogP contribution in [-0.4, -0.2) is 25.8 Å². The Hall–Kier alpha value is -2.64. The summed E-state index contributed by atoms with van der Waals surface area (Å²) >= 11 is 11.7. The van der Waals surface area contributed by atoms with Crippen molar-refractivity contribution in [2.24, 2.45) is 0 Å². The number of halogens is 2. The standard InChI is InChI=1S/C14H10Cl2N6O/c15-10-3-2-9(6-11(10)16)20-14(23)21-12-7-13(18-8-17-12)22-5-1-4-19-22/h1-8H,(H2,17,18,20,21,23). The number of aromatic nitrogens is 4. The Morgan fingerprint density at radius 2 is 1.96 bits per heavy atom. The Balaban J connectivity index is 1.70. The summed E-state index contributed by atoms with van der Waals surface area (Å²) in [6.07, 6.45) is 4.71. The first kappa shape index (κ1) is 15.3. The third-order valence-corrected chi connectivity index (χ3v) is 3.55. The van der Waals surface area contributed by atoms with E-state index >= 15 is 0 Å². The first-order valence-electron chi connectivity index (χ1n) is 6.47. The molecule has 0 saturated carbocycles. The number of benzene rings is 1. The van der Waals surface area contributed by atoms with Crippen LogP contribution in [0.25, 0.3) is 5.82 Å². The summed E-state index contributed by atoms with van der Waals surface area (Å²) < 4.78 is 1.56. The Morgan fingerprint density at radius 1 is 1.09 bits per heavy atom. The van der Waals surface area contributed by atoms with Crippen molar-refractivity contribution in [3.8, 4) is 5.82 Å². The maximum atomic E-state index is 12.0. The van der Waals surface area contributed by atoms with E-state index in [1.165, 1.54) is 6.33 Å². The lowest BCUT2D eigenvalue weighted by atomic mass is 10.3. The molecule has 23 heavy (non-hydrogen) atoms. The van der Waals surface area contributed by atoms with Gasteiger partial charge in [0.2, 0.25) is 0 Å². The van der Waals surface area contributed by atoms with E-state index in [2.05, 4.69) is 25.7 Å². The van der Waals surface area contributed by atoms with E-state index in [1.54, 1.807) is 47.4 Å². The Labute approximate surface area is 141 Å². The third kappa shape index (κ3) is 3.77. The third-order valence-electron chi connectivity index (χ3n) is 2.81. The fourth-order valence-corrected chi connectivity index (χ4v) is 2.10. The van der Waals surface area contributed by atoms with E-state index in [-0.39, 0.29) is 0 Å². The highest BCUT2D eigenvalue weighted by Gasteiger charge is 2.07. The second-order valence-electron chi connectivity index (χ2n) is 4.42. The minimum Gasteiger partial charge on any atom is -0.308 e. The number of amides is 2. The number of anilines is 2. The molecule has 0 fully saturated rings. The molecule has 0 aliphatic carbocycles. The minimum absolute atomic E-state index is 0.336. The number of hydrogen-bond acceptors (Lipinski definition) is 4. The normalized spacial score (nSPS) is 10.3. The highest BCUT2D eigenvalue weighted by molar-refractivity contribution is 6.42. The number of nitrogens with one attached hydrogen (secondary N) is 2. The van der Waals surface area contributed by atoms with E-state index in [4.69, 9.17) is 23.2 Å². The zero-order valence-corrected chi connectivity index (χ0v) is 13.1. The van der Waals surface area contributed by atoms with Crippen molar-refractivity contribution < 1.29 is 4.79 Å². The predicted octanol–water partition coefficient (Wildman–Crippen LogP) is 3.61. The number of urea groups is 1. The monoisotopic (exact) mass is 348 g/mol. The van der Waals surface area contributed by atoms with Crippen molar-refractivity contribution in [3.63, 3.8) is 0 Å². The molecular weight excluding hydrogens is 339 g/mol. The molecule has 0 aliphatic heterocycles. The number of rotatable bonds is 3. The van der Waals surface area contributed by atoms with Crippen LogP contribution in [0.3, 0.4) is 0 Å². The Kier molecular flexibility index (Phi) is 4.40. The van der Waals surface area contributed by atoms with E-state index in [0.29, 0.717) is 27.4 Å². The van der Waals surface area contributed by atoms with Gasteiger partial charge in [-0.2, -0.15) is 5.10 Å². The number of carbonyl (C=O) groups is 1. The van der Waals surface area contributed by atoms with E-state index in [1.807, 2.05) is 0 Å². The molecule has 0 spiro atoms. The van der Waals surface area contributed by atoms with Crippen LogP contribution in [0.15, 0.2) is 49.1 Å². The van der Waals surface area contributed by atoms with Crippen LogP contribution in [0.4, 0.5) is 16.3 Å². The van der Waals surface area contributed by atoms with Crippen molar-refractivity contribution in [1.82, 2.24) is 19.7 Å². The van der Waals surface area contributed by atoms with E-state index in [0.717, 1.165) is 0 Å². The fourth-order valence-electron chi connectivity index (χ4n) is 1.80. The average molecular weight is 349 g/mol. The van der Waals surface area contributed by atoms with Crippen LogP contribution in [0, 0.1) is 0 Å². The van der Waals surface area contributed by atoms with Crippen molar-refractivity contribution in [2.45, 2.75) is 0 Å². The molecule has 3 rings (SSSR count). The minimum atomic E-state index is -0.464. The second-order valence-corrected chi connectivity index (χ2v) is 5.23. The molecule has 7 nitrogen and oxygen atoms in total. The SMILES string of the molecule is O=C(Nc1ccc(Cl)c(Cl)c1)Nc1cc(-n2cccn2)ncn1. The highest BCUT2D eigenvalue weighted by Crippen LogP contribution is 2.25. The molecule has 0 radical (unpaired) electrons. The van der Waals surface area contributed by atoms with Crippen LogP contribution in [0.2, 0.25) is 10.0 Å². The molecule has 0 unspecified atom stereocenters. The molecule has 1 aromatic carbocycles. The molecule has 2 aromatic heterocycles. The molecule has 2 heterocycles. The summed E-state index contributed by atoms with van der Waals surface area (Å²) in [6, 6.07) is 7.70. The van der Waals surface area contributed by atoms with Crippen molar-refractivity contribution >= 4 is 40.7 Å². The van der Waals surface area contributed by atoms with Gasteiger partial charge in [-0.1, -0.05) is 23.2 Å². The maximum absolute atomic E-state index is 12.0. The molecular formula is C14H10Cl2N6O. The lowest BCUT2D eigenvalue weighted by Crippen LogP contribution is -2.20. The van der Waals surface area contributed by atoms with Gasteiger partial charge in [0, 0.05) is 24.1 Å². The lowest BCUT2D eigenvalue weighted by molar-refractivity contribution is 0.262. The molecule has 0 bridgehead atoms. The first-order valence-corrected chi connectivity index (χ1v) is 7.22. The van der Waals surface area contributed by atoms with Crippen LogP contribution in [0.1, 0.15) is 0 Å². The number of hydrogen-bond donors (Lipinski definition) is 2. The maximum Gasteiger partial charge on any atom is 0.324 e. The van der Waals surface area contributed by atoms with Gasteiger partial charge in [0.1, 0.15) is 12.1 Å². The van der Waals surface area contributed by atoms with E-state index in [9.17, 15) is 4.79 Å². The van der Waals surface area contributed by atoms with Crippen molar-refractivity contribution in [1.29, 1.82) is 0 Å². The molecule has 2 N–H and O–H groups in total. The van der Waals surface area contributed by atoms with Gasteiger partial charge >= 0.3 is 6.03 Å². The average Bonchev–Trinajstić information content (AvgIpc) is 3.05. The molecule has 0 aliphatic rings. The Morgan fingerprint density at radius 3 is 2.70 bits per heavy atom. The summed E-state index contributed by atoms with van der Waals surface area (Å²) in [5, 5.41) is 10.1. The van der Waals surface area contributed by atoms with Gasteiger partial charge in [0.25, 0.3) is 0 Å². The van der Waals surface area contributed by atoms with E-state index < -0.39 is 6.03 Å². The lowest BCUT2D eigenvalue weighted by Gasteiger charge is -2.08. The first-order chi connectivity index (χ1) is 11.1. The van der Waals surface area contributed by atoms with Gasteiger partial charge in [0.05, 0.1) is 10.0 Å². The molecule has 9 heteroatoms. The molecule has 0 saturated heterocycles. The number of carbonyl (C=O) groups excluding carboxylic acids is 1. The Bertz CT molecular complexity index is 837. The topological polar surface area (TPSA) is 84.7 Å². The second kappa shape index (κ2) is 6.64. The van der Waals surface area contributed by atoms with Gasteiger partial charge in [0.15, 0.2) is 5.82 Å². The smallest absolute Gasteiger partial charge is 0.308 e. The predicted molar refractivity (Wildman–Crippen MR) is 88.3 cm³/mol.